The van der Waals surface area contributed by atoms with Crippen LogP contribution in [0.25, 0.3) is 0 Å². The highest BCUT2D eigenvalue weighted by atomic mass is 79.9. The van der Waals surface area contributed by atoms with E-state index in [1.807, 2.05) is 6.92 Å². The first-order chi connectivity index (χ1) is 7.66. The van der Waals surface area contributed by atoms with Crippen molar-refractivity contribution in [3.05, 3.63) is 44.4 Å². The summed E-state index contributed by atoms with van der Waals surface area (Å²) >= 11 is 4.82. The number of anilines is 1. The van der Waals surface area contributed by atoms with Gasteiger partial charge in [-0.2, -0.15) is 11.3 Å². The second-order valence-electron chi connectivity index (χ2n) is 3.42. The smallest absolute Gasteiger partial charge is 0.166 e. The number of aromatic nitrogens is 1. The summed E-state index contributed by atoms with van der Waals surface area (Å²) in [6, 6.07) is 1.40. The lowest BCUT2D eigenvalue weighted by molar-refractivity contribution is 0.623. The first kappa shape index (κ1) is 11.5. The van der Waals surface area contributed by atoms with E-state index in [9.17, 15) is 4.39 Å². The Balaban J connectivity index is 2.08. The van der Waals surface area contributed by atoms with Gasteiger partial charge in [0.1, 0.15) is 0 Å². The summed E-state index contributed by atoms with van der Waals surface area (Å²) in [5.74, 6) is -0.0592. The molecule has 0 saturated heterocycles. The van der Waals surface area contributed by atoms with Gasteiger partial charge in [0.15, 0.2) is 11.6 Å². The minimum absolute atomic E-state index is 0.286. The van der Waals surface area contributed by atoms with E-state index in [2.05, 4.69) is 37.0 Å². The molecule has 2 aromatic heterocycles. The molecule has 2 heterocycles. The fraction of sp³-hybridized carbons (Fsp3) is 0.182. The molecule has 5 heteroatoms. The Morgan fingerprint density at radius 1 is 1.50 bits per heavy atom. The van der Waals surface area contributed by atoms with E-state index in [1.54, 1.807) is 17.5 Å². The Bertz CT molecular complexity index is 498. The summed E-state index contributed by atoms with van der Waals surface area (Å²) in [6.07, 6.45) is 1.58. The average Bonchev–Trinajstić information content (AvgIpc) is 2.63. The van der Waals surface area contributed by atoms with Crippen molar-refractivity contribution in [1.82, 2.24) is 4.98 Å². The van der Waals surface area contributed by atoms with Crippen LogP contribution in [0.5, 0.6) is 0 Å². The molecular weight excluding hydrogens is 291 g/mol. The molecule has 2 aromatic rings. The molecule has 0 spiro atoms. The molecule has 0 atom stereocenters. The Morgan fingerprint density at radius 2 is 2.31 bits per heavy atom. The normalized spacial score (nSPS) is 10.4. The Hall–Kier alpha value is -0.940. The fourth-order valence-corrected chi connectivity index (χ4v) is 2.45. The van der Waals surface area contributed by atoms with E-state index in [0.717, 1.165) is 0 Å². The maximum atomic E-state index is 13.4. The Labute approximate surface area is 106 Å². The van der Waals surface area contributed by atoms with Gasteiger partial charge in [0, 0.05) is 17.2 Å². The third-order valence-corrected chi connectivity index (χ3v) is 3.56. The van der Waals surface area contributed by atoms with Gasteiger partial charge in [0.25, 0.3) is 0 Å². The molecule has 2 nitrogen and oxygen atoms in total. The molecule has 0 aromatic carbocycles. The van der Waals surface area contributed by atoms with Crippen molar-refractivity contribution >= 4 is 33.1 Å². The van der Waals surface area contributed by atoms with Gasteiger partial charge >= 0.3 is 0 Å². The molecule has 0 aliphatic rings. The summed E-state index contributed by atoms with van der Waals surface area (Å²) in [5.41, 5.74) is 2.39. The fourth-order valence-electron chi connectivity index (χ4n) is 1.29. The molecule has 0 aliphatic heterocycles. The van der Waals surface area contributed by atoms with Crippen LogP contribution in [-0.2, 0) is 6.54 Å². The Kier molecular flexibility index (Phi) is 3.56. The first-order valence-electron chi connectivity index (χ1n) is 4.73. The van der Waals surface area contributed by atoms with Crippen molar-refractivity contribution in [2.24, 2.45) is 0 Å². The number of aryl methyl sites for hydroxylation is 1. The molecule has 0 amide bonds. The van der Waals surface area contributed by atoms with Crippen molar-refractivity contribution < 1.29 is 4.39 Å². The molecule has 2 rings (SSSR count). The average molecular weight is 301 g/mol. The number of halogens is 2. The summed E-state index contributed by atoms with van der Waals surface area (Å²) in [7, 11) is 0. The van der Waals surface area contributed by atoms with Gasteiger partial charge < -0.3 is 5.32 Å². The predicted octanol–water partition coefficient (Wildman–Crippen LogP) is 3.97. The number of nitrogens with zero attached hydrogens (tertiary/aromatic N) is 1. The summed E-state index contributed by atoms with van der Waals surface area (Å²) in [6.45, 7) is 2.64. The van der Waals surface area contributed by atoms with E-state index in [-0.39, 0.29) is 11.6 Å². The van der Waals surface area contributed by atoms with Crippen molar-refractivity contribution in [3.63, 3.8) is 0 Å². The topological polar surface area (TPSA) is 24.9 Å². The molecule has 0 aliphatic carbocycles. The first-order valence-corrected chi connectivity index (χ1v) is 6.47. The van der Waals surface area contributed by atoms with E-state index >= 15 is 0 Å². The highest BCUT2D eigenvalue weighted by molar-refractivity contribution is 9.10. The number of nitrogens with one attached hydrogen (secondary N) is 1. The molecular formula is C11H10BrFN2S. The summed E-state index contributed by atoms with van der Waals surface area (Å²) < 4.78 is 14.1. The molecule has 1 N–H and O–H groups in total. The standard InChI is InChI=1S/C11H10BrFN2S/c1-7-5-16-6-8(7)3-14-11-10(13)2-9(12)4-15-11/h2,4-6H,3H2,1H3,(H,14,15). The van der Waals surface area contributed by atoms with Gasteiger partial charge in [-0.1, -0.05) is 0 Å². The zero-order valence-electron chi connectivity index (χ0n) is 8.63. The zero-order chi connectivity index (χ0) is 11.5. The highest BCUT2D eigenvalue weighted by Crippen LogP contribution is 2.18. The second-order valence-corrected chi connectivity index (χ2v) is 5.08. The van der Waals surface area contributed by atoms with Gasteiger partial charge in [-0.15, -0.1) is 0 Å². The van der Waals surface area contributed by atoms with E-state index < -0.39 is 0 Å². The van der Waals surface area contributed by atoms with Crippen LogP contribution in [0.15, 0.2) is 27.5 Å². The predicted molar refractivity (Wildman–Crippen MR) is 68.3 cm³/mol. The summed E-state index contributed by atoms with van der Waals surface area (Å²) in [4.78, 5) is 3.98. The lowest BCUT2D eigenvalue weighted by atomic mass is 10.2. The van der Waals surface area contributed by atoms with Crippen LogP contribution in [0.1, 0.15) is 11.1 Å². The van der Waals surface area contributed by atoms with Crippen LogP contribution in [0.3, 0.4) is 0 Å². The molecule has 16 heavy (non-hydrogen) atoms. The maximum absolute atomic E-state index is 13.4. The lowest BCUT2D eigenvalue weighted by Crippen LogP contribution is -2.03. The minimum Gasteiger partial charge on any atom is -0.364 e. The van der Waals surface area contributed by atoms with Crippen LogP contribution in [0.4, 0.5) is 10.2 Å². The minimum atomic E-state index is -0.345. The van der Waals surface area contributed by atoms with Crippen LogP contribution >= 0.6 is 27.3 Å². The quantitative estimate of drug-likeness (QED) is 0.928. The monoisotopic (exact) mass is 300 g/mol. The Morgan fingerprint density at radius 3 is 2.94 bits per heavy atom. The zero-order valence-corrected chi connectivity index (χ0v) is 11.0. The third kappa shape index (κ3) is 2.59. The number of hydrogen-bond acceptors (Lipinski definition) is 3. The number of hydrogen-bond donors (Lipinski definition) is 1. The number of rotatable bonds is 3. The van der Waals surface area contributed by atoms with Crippen LogP contribution in [0.2, 0.25) is 0 Å². The van der Waals surface area contributed by atoms with Crippen molar-refractivity contribution in [2.75, 3.05) is 5.32 Å². The molecule has 0 saturated carbocycles. The molecule has 0 fully saturated rings. The SMILES string of the molecule is Cc1cscc1CNc1ncc(Br)cc1F. The van der Waals surface area contributed by atoms with Crippen LogP contribution < -0.4 is 5.32 Å². The van der Waals surface area contributed by atoms with Gasteiger partial charge in [0.2, 0.25) is 0 Å². The molecule has 0 unspecified atom stereocenters. The largest absolute Gasteiger partial charge is 0.364 e. The van der Waals surface area contributed by atoms with Gasteiger partial charge in [-0.3, -0.25) is 0 Å². The van der Waals surface area contributed by atoms with E-state index in [1.165, 1.54) is 17.2 Å². The molecule has 0 radical (unpaired) electrons. The van der Waals surface area contributed by atoms with Gasteiger partial charge in [-0.05, 0) is 50.8 Å². The van der Waals surface area contributed by atoms with Crippen molar-refractivity contribution in [3.8, 4) is 0 Å². The number of pyridine rings is 1. The molecule has 0 bridgehead atoms. The van der Waals surface area contributed by atoms with Crippen molar-refractivity contribution in [2.45, 2.75) is 13.5 Å². The highest BCUT2D eigenvalue weighted by Gasteiger charge is 2.05. The van der Waals surface area contributed by atoms with E-state index in [0.29, 0.717) is 11.0 Å². The molecule has 84 valence electrons. The van der Waals surface area contributed by atoms with Gasteiger partial charge in [0.05, 0.1) is 0 Å². The summed E-state index contributed by atoms with van der Waals surface area (Å²) in [5, 5.41) is 7.11. The van der Waals surface area contributed by atoms with Crippen molar-refractivity contribution in [1.29, 1.82) is 0 Å². The lowest BCUT2D eigenvalue weighted by Gasteiger charge is -2.06. The van der Waals surface area contributed by atoms with Crippen LogP contribution in [0, 0.1) is 12.7 Å². The number of thiophene rings is 1. The second kappa shape index (κ2) is 4.93. The maximum Gasteiger partial charge on any atom is 0.166 e. The van der Waals surface area contributed by atoms with Crippen LogP contribution in [-0.4, -0.2) is 4.98 Å². The third-order valence-electron chi connectivity index (χ3n) is 2.22. The van der Waals surface area contributed by atoms with E-state index in [4.69, 9.17) is 0 Å². The van der Waals surface area contributed by atoms with Gasteiger partial charge in [-0.25, -0.2) is 9.37 Å².